The summed E-state index contributed by atoms with van der Waals surface area (Å²) in [6.45, 7) is 0. The summed E-state index contributed by atoms with van der Waals surface area (Å²) in [6.07, 6.45) is 0. The number of fused-ring (bicyclic) bond motifs is 1. The number of hydrogen-bond acceptors (Lipinski definition) is 3. The highest BCUT2D eigenvalue weighted by Crippen LogP contribution is 2.32. The lowest BCUT2D eigenvalue weighted by Gasteiger charge is -2.07. The van der Waals surface area contributed by atoms with E-state index in [-0.39, 0.29) is 22.4 Å². The molecule has 29 heavy (non-hydrogen) atoms. The third kappa shape index (κ3) is 4.08. The van der Waals surface area contributed by atoms with Crippen molar-refractivity contribution in [1.82, 2.24) is 4.98 Å². The van der Waals surface area contributed by atoms with Crippen molar-refractivity contribution < 1.29 is 18.0 Å². The summed E-state index contributed by atoms with van der Waals surface area (Å²) in [5.41, 5.74) is 1.73. The number of hydrogen-bond donors (Lipinski definition) is 1. The van der Waals surface area contributed by atoms with Crippen LogP contribution in [0.2, 0.25) is 10.0 Å². The van der Waals surface area contributed by atoms with Crippen molar-refractivity contribution in [2.75, 3.05) is 5.32 Å². The molecular formula is C20H9Cl2F2IN2O2. The second-order valence-corrected chi connectivity index (χ2v) is 8.09. The van der Waals surface area contributed by atoms with Crippen LogP contribution < -0.4 is 5.32 Å². The van der Waals surface area contributed by atoms with Gasteiger partial charge in [0.25, 0.3) is 5.91 Å². The number of carbonyl (C=O) groups excluding carboxylic acids is 1. The van der Waals surface area contributed by atoms with Crippen LogP contribution in [-0.4, -0.2) is 10.9 Å². The van der Waals surface area contributed by atoms with E-state index in [1.165, 1.54) is 0 Å². The second-order valence-electron chi connectivity index (χ2n) is 6.03. The molecule has 0 aliphatic heterocycles. The Morgan fingerprint density at radius 2 is 1.76 bits per heavy atom. The lowest BCUT2D eigenvalue weighted by molar-refractivity contribution is 0.102. The van der Waals surface area contributed by atoms with Crippen molar-refractivity contribution in [2.45, 2.75) is 0 Å². The van der Waals surface area contributed by atoms with E-state index in [9.17, 15) is 13.6 Å². The van der Waals surface area contributed by atoms with Gasteiger partial charge in [-0.05, 0) is 71.1 Å². The first-order chi connectivity index (χ1) is 13.8. The zero-order valence-electron chi connectivity index (χ0n) is 14.3. The summed E-state index contributed by atoms with van der Waals surface area (Å²) in [4.78, 5) is 16.8. The Hall–Kier alpha value is -2.23. The Bertz CT molecular complexity index is 1280. The smallest absolute Gasteiger partial charge is 0.257 e. The minimum atomic E-state index is -1.06. The van der Waals surface area contributed by atoms with Crippen LogP contribution in [0.5, 0.6) is 0 Å². The van der Waals surface area contributed by atoms with Crippen molar-refractivity contribution in [2.24, 2.45) is 0 Å². The molecule has 4 nitrogen and oxygen atoms in total. The van der Waals surface area contributed by atoms with E-state index in [0.29, 0.717) is 27.4 Å². The monoisotopic (exact) mass is 544 g/mol. The van der Waals surface area contributed by atoms with Gasteiger partial charge in [0.2, 0.25) is 5.89 Å². The molecule has 0 unspecified atom stereocenters. The van der Waals surface area contributed by atoms with Crippen LogP contribution in [0.25, 0.3) is 22.6 Å². The Morgan fingerprint density at radius 3 is 2.55 bits per heavy atom. The lowest BCUT2D eigenvalue weighted by Crippen LogP contribution is -2.12. The zero-order valence-corrected chi connectivity index (χ0v) is 17.9. The number of oxazole rings is 1. The number of halogens is 5. The first-order valence-corrected chi connectivity index (χ1v) is 9.97. The summed E-state index contributed by atoms with van der Waals surface area (Å²) in [7, 11) is 0. The molecule has 1 N–H and O–H groups in total. The molecule has 1 aromatic heterocycles. The van der Waals surface area contributed by atoms with Crippen LogP contribution in [-0.2, 0) is 0 Å². The van der Waals surface area contributed by atoms with Crippen LogP contribution in [0, 0.1) is 15.2 Å². The minimum absolute atomic E-state index is 0.0303. The molecule has 1 heterocycles. The first kappa shape index (κ1) is 20.1. The Labute approximate surface area is 187 Å². The van der Waals surface area contributed by atoms with Gasteiger partial charge in [-0.2, -0.15) is 0 Å². The zero-order chi connectivity index (χ0) is 20.7. The van der Waals surface area contributed by atoms with Gasteiger partial charge in [0.05, 0.1) is 21.2 Å². The number of benzene rings is 3. The van der Waals surface area contributed by atoms with Gasteiger partial charge in [-0.15, -0.1) is 0 Å². The molecule has 4 rings (SSSR count). The molecular weight excluding hydrogens is 536 g/mol. The molecule has 1 amide bonds. The van der Waals surface area contributed by atoms with E-state index in [4.69, 9.17) is 27.6 Å². The van der Waals surface area contributed by atoms with Crippen molar-refractivity contribution in [1.29, 1.82) is 0 Å². The van der Waals surface area contributed by atoms with Gasteiger partial charge in [0.1, 0.15) is 5.52 Å². The highest BCUT2D eigenvalue weighted by molar-refractivity contribution is 14.1. The molecule has 3 aromatic carbocycles. The van der Waals surface area contributed by atoms with Crippen molar-refractivity contribution >= 4 is 68.5 Å². The van der Waals surface area contributed by atoms with Gasteiger partial charge >= 0.3 is 0 Å². The predicted octanol–water partition coefficient (Wildman–Crippen LogP) is 6.94. The van der Waals surface area contributed by atoms with Gasteiger partial charge in [0.15, 0.2) is 17.2 Å². The molecule has 146 valence electrons. The van der Waals surface area contributed by atoms with Gasteiger partial charge in [-0.25, -0.2) is 13.8 Å². The number of anilines is 1. The average molecular weight is 545 g/mol. The number of nitrogens with zero attached hydrogens (tertiary/aromatic N) is 1. The fourth-order valence-electron chi connectivity index (χ4n) is 2.68. The minimum Gasteiger partial charge on any atom is -0.436 e. The van der Waals surface area contributed by atoms with Gasteiger partial charge in [0, 0.05) is 9.26 Å². The largest absolute Gasteiger partial charge is 0.436 e. The highest BCUT2D eigenvalue weighted by atomic mass is 127. The van der Waals surface area contributed by atoms with Gasteiger partial charge in [-0.3, -0.25) is 4.79 Å². The molecule has 0 fully saturated rings. The molecule has 0 aliphatic carbocycles. The number of aromatic nitrogens is 1. The fraction of sp³-hybridized carbons (Fsp3) is 0. The summed E-state index contributed by atoms with van der Waals surface area (Å²) >= 11 is 14.2. The summed E-state index contributed by atoms with van der Waals surface area (Å²) in [5, 5.41) is 3.06. The van der Waals surface area contributed by atoms with E-state index in [0.717, 1.165) is 15.7 Å². The third-order valence-corrected chi connectivity index (χ3v) is 5.37. The van der Waals surface area contributed by atoms with Gasteiger partial charge < -0.3 is 9.73 Å². The molecule has 0 spiro atoms. The topological polar surface area (TPSA) is 55.1 Å². The fourth-order valence-corrected chi connectivity index (χ4v) is 3.60. The second kappa shape index (κ2) is 7.89. The van der Waals surface area contributed by atoms with Crippen molar-refractivity contribution in [3.05, 3.63) is 79.3 Å². The molecule has 0 saturated heterocycles. The molecule has 0 bridgehead atoms. The predicted molar refractivity (Wildman–Crippen MR) is 116 cm³/mol. The number of nitrogens with one attached hydrogen (secondary N) is 1. The summed E-state index contributed by atoms with van der Waals surface area (Å²) in [5.74, 6) is -2.46. The van der Waals surface area contributed by atoms with Crippen molar-refractivity contribution in [3.8, 4) is 11.5 Å². The van der Waals surface area contributed by atoms with Crippen LogP contribution in [0.1, 0.15) is 10.4 Å². The summed E-state index contributed by atoms with van der Waals surface area (Å²) < 4.78 is 33.3. The lowest BCUT2D eigenvalue weighted by atomic mass is 10.2. The SMILES string of the molecule is O=C(Nc1ccc2oc(-c3cc(F)c(F)cc3Cl)nc2c1)c1cc(I)ccc1Cl. The quantitative estimate of drug-likeness (QED) is 0.224. The van der Waals surface area contributed by atoms with E-state index in [1.807, 2.05) is 0 Å². The maximum Gasteiger partial charge on any atom is 0.257 e. The van der Waals surface area contributed by atoms with Crippen LogP contribution in [0.4, 0.5) is 14.5 Å². The molecule has 9 heteroatoms. The van der Waals surface area contributed by atoms with Gasteiger partial charge in [-0.1, -0.05) is 23.2 Å². The van der Waals surface area contributed by atoms with Crippen LogP contribution >= 0.6 is 45.8 Å². The maximum absolute atomic E-state index is 13.6. The van der Waals surface area contributed by atoms with E-state index in [2.05, 4.69) is 32.9 Å². The van der Waals surface area contributed by atoms with E-state index in [1.54, 1.807) is 36.4 Å². The molecule has 0 atom stereocenters. The number of rotatable bonds is 3. The van der Waals surface area contributed by atoms with E-state index >= 15 is 0 Å². The first-order valence-electron chi connectivity index (χ1n) is 8.14. The Morgan fingerprint density at radius 1 is 1.00 bits per heavy atom. The molecule has 4 aromatic rings. The summed E-state index contributed by atoms with van der Waals surface area (Å²) in [6, 6.07) is 11.7. The Balaban J connectivity index is 1.66. The van der Waals surface area contributed by atoms with Crippen molar-refractivity contribution in [3.63, 3.8) is 0 Å². The third-order valence-electron chi connectivity index (χ3n) is 4.06. The molecule has 0 radical (unpaired) electrons. The number of carbonyl (C=O) groups is 1. The number of amides is 1. The molecule has 0 aliphatic rings. The standard InChI is InChI=1S/C20H9Cl2F2IN2O2/c21-13-3-1-9(25)5-11(13)19(28)26-10-2-4-18-17(6-10)27-20(29-18)12-7-15(23)16(24)8-14(12)22/h1-8H,(H,26,28). The Kier molecular flexibility index (Phi) is 5.46. The molecule has 0 saturated carbocycles. The van der Waals surface area contributed by atoms with Crippen LogP contribution in [0.15, 0.2) is 52.9 Å². The highest BCUT2D eigenvalue weighted by Gasteiger charge is 2.17. The normalized spacial score (nSPS) is 11.1. The van der Waals surface area contributed by atoms with E-state index < -0.39 is 11.6 Å². The maximum atomic E-state index is 13.6. The average Bonchev–Trinajstić information content (AvgIpc) is 3.09. The van der Waals surface area contributed by atoms with Crippen LogP contribution in [0.3, 0.4) is 0 Å².